The van der Waals surface area contributed by atoms with E-state index >= 15 is 0 Å². The Labute approximate surface area is 91.6 Å². The Bertz CT molecular complexity index is 224. The zero-order valence-electron chi connectivity index (χ0n) is 10.2. The quantitative estimate of drug-likeness (QED) is 0.666. The Morgan fingerprint density at radius 1 is 1.13 bits per heavy atom. The van der Waals surface area contributed by atoms with E-state index < -0.39 is 0 Å². The average molecular weight is 215 g/mol. The predicted molar refractivity (Wildman–Crippen MR) is 58.6 cm³/mol. The van der Waals surface area contributed by atoms with Crippen molar-refractivity contribution in [3.05, 3.63) is 0 Å². The minimum atomic E-state index is -0.0958. The molecule has 0 saturated heterocycles. The van der Waals surface area contributed by atoms with Crippen LogP contribution < -0.4 is 0 Å². The first kappa shape index (κ1) is 14.1. The predicted octanol–water partition coefficient (Wildman–Crippen LogP) is 1.09. The second kappa shape index (κ2) is 6.56. The molecule has 0 rings (SSSR count). The third kappa shape index (κ3) is 5.52. The Morgan fingerprint density at radius 3 is 2.07 bits per heavy atom. The molecule has 0 atom stereocenters. The summed E-state index contributed by atoms with van der Waals surface area (Å²) in [5, 5.41) is 0. The van der Waals surface area contributed by atoms with E-state index in [2.05, 4.69) is 0 Å². The van der Waals surface area contributed by atoms with Gasteiger partial charge in [-0.15, -0.1) is 0 Å². The molecule has 0 aromatic rings. The summed E-state index contributed by atoms with van der Waals surface area (Å²) in [5.74, 6) is -0.112. The van der Waals surface area contributed by atoms with Crippen molar-refractivity contribution in [1.82, 2.24) is 4.90 Å². The average Bonchev–Trinajstić information content (AvgIpc) is 2.15. The summed E-state index contributed by atoms with van der Waals surface area (Å²) in [6.45, 7) is 7.48. The van der Waals surface area contributed by atoms with Crippen molar-refractivity contribution in [1.29, 1.82) is 0 Å². The van der Waals surface area contributed by atoms with E-state index in [-0.39, 0.29) is 36.9 Å². The maximum Gasteiger partial charge on any atom is 0.248 e. The zero-order chi connectivity index (χ0) is 12.0. The molecule has 1 amide bonds. The van der Waals surface area contributed by atoms with Crippen molar-refractivity contribution >= 4 is 11.7 Å². The fourth-order valence-corrected chi connectivity index (χ4v) is 0.795. The number of Topliss-reactive ketones (excluding diaryl/α,β-unsaturated/α-hetero) is 1. The molecule has 4 heteroatoms. The Kier molecular flexibility index (Phi) is 6.17. The molecular formula is C11H21NO3. The Morgan fingerprint density at radius 2 is 1.67 bits per heavy atom. The monoisotopic (exact) mass is 215 g/mol. The molecule has 0 saturated carbocycles. The molecule has 0 unspecified atom stereocenters. The summed E-state index contributed by atoms with van der Waals surface area (Å²) in [5.41, 5.74) is 0. The van der Waals surface area contributed by atoms with Gasteiger partial charge in [0.1, 0.15) is 13.2 Å². The van der Waals surface area contributed by atoms with Gasteiger partial charge in [-0.1, -0.05) is 13.8 Å². The molecule has 0 bridgehead atoms. The van der Waals surface area contributed by atoms with Gasteiger partial charge >= 0.3 is 0 Å². The highest BCUT2D eigenvalue weighted by molar-refractivity contribution is 5.82. The molecule has 0 aliphatic carbocycles. The molecule has 88 valence electrons. The maximum absolute atomic E-state index is 11.4. The van der Waals surface area contributed by atoms with Crippen molar-refractivity contribution in [2.24, 2.45) is 5.92 Å². The molecule has 0 aliphatic rings. The largest absolute Gasteiger partial charge is 0.364 e. The molecule has 0 spiro atoms. The van der Waals surface area contributed by atoms with E-state index in [4.69, 9.17) is 4.74 Å². The molecule has 0 aromatic carbocycles. The normalized spacial score (nSPS) is 10.9. The van der Waals surface area contributed by atoms with E-state index in [1.54, 1.807) is 11.9 Å². The number of carbonyl (C=O) groups excluding carboxylic acids is 2. The van der Waals surface area contributed by atoms with Crippen LogP contribution in [0.4, 0.5) is 0 Å². The van der Waals surface area contributed by atoms with Crippen LogP contribution in [0.15, 0.2) is 0 Å². The second-order valence-corrected chi connectivity index (χ2v) is 4.21. The van der Waals surface area contributed by atoms with Crippen LogP contribution in [-0.2, 0) is 14.3 Å². The topological polar surface area (TPSA) is 46.6 Å². The minimum Gasteiger partial charge on any atom is -0.364 e. The van der Waals surface area contributed by atoms with Crippen LogP contribution in [0.5, 0.6) is 0 Å². The number of nitrogens with zero attached hydrogens (tertiary/aromatic N) is 1. The highest BCUT2D eigenvalue weighted by Gasteiger charge is 2.13. The van der Waals surface area contributed by atoms with Gasteiger partial charge < -0.3 is 9.64 Å². The van der Waals surface area contributed by atoms with Crippen LogP contribution in [0.1, 0.15) is 27.7 Å². The van der Waals surface area contributed by atoms with Crippen LogP contribution in [0.25, 0.3) is 0 Å². The summed E-state index contributed by atoms with van der Waals surface area (Å²) in [6, 6.07) is 0.155. The summed E-state index contributed by atoms with van der Waals surface area (Å²) < 4.78 is 5.05. The lowest BCUT2D eigenvalue weighted by Crippen LogP contribution is -2.36. The van der Waals surface area contributed by atoms with Crippen molar-refractivity contribution < 1.29 is 14.3 Å². The van der Waals surface area contributed by atoms with E-state index in [1.807, 2.05) is 27.7 Å². The number of amides is 1. The lowest BCUT2D eigenvalue weighted by molar-refractivity contribution is -0.138. The Balaban J connectivity index is 3.78. The lowest BCUT2D eigenvalue weighted by atomic mass is 10.1. The molecule has 0 aromatic heterocycles. The molecule has 15 heavy (non-hydrogen) atoms. The van der Waals surface area contributed by atoms with Crippen LogP contribution in [0.2, 0.25) is 0 Å². The molecule has 0 N–H and O–H groups in total. The smallest absolute Gasteiger partial charge is 0.248 e. The van der Waals surface area contributed by atoms with E-state index in [9.17, 15) is 9.59 Å². The van der Waals surface area contributed by atoms with Gasteiger partial charge in [0.05, 0.1) is 0 Å². The van der Waals surface area contributed by atoms with E-state index in [0.29, 0.717) is 0 Å². The van der Waals surface area contributed by atoms with E-state index in [0.717, 1.165) is 0 Å². The number of ether oxygens (including phenoxy) is 1. The maximum atomic E-state index is 11.4. The van der Waals surface area contributed by atoms with Gasteiger partial charge in [-0.3, -0.25) is 9.59 Å². The number of ketones is 1. The zero-order valence-corrected chi connectivity index (χ0v) is 10.2. The molecule has 0 heterocycles. The van der Waals surface area contributed by atoms with Gasteiger partial charge in [0.2, 0.25) is 5.91 Å². The molecule has 0 radical (unpaired) electrons. The van der Waals surface area contributed by atoms with Crippen LogP contribution in [0.3, 0.4) is 0 Å². The molecule has 0 fully saturated rings. The highest BCUT2D eigenvalue weighted by Crippen LogP contribution is 1.97. The van der Waals surface area contributed by atoms with E-state index in [1.165, 1.54) is 0 Å². The highest BCUT2D eigenvalue weighted by atomic mass is 16.5. The number of hydrogen-bond donors (Lipinski definition) is 0. The third-order valence-corrected chi connectivity index (χ3v) is 2.28. The summed E-state index contributed by atoms with van der Waals surface area (Å²) >= 11 is 0. The fraction of sp³-hybridized carbons (Fsp3) is 0.818. The van der Waals surface area contributed by atoms with Crippen LogP contribution in [-0.4, -0.2) is 42.9 Å². The minimum absolute atomic E-state index is 0.0207. The van der Waals surface area contributed by atoms with Gasteiger partial charge in [-0.2, -0.15) is 0 Å². The van der Waals surface area contributed by atoms with Crippen LogP contribution in [0, 0.1) is 5.92 Å². The summed E-state index contributed by atoms with van der Waals surface area (Å²) in [4.78, 5) is 24.2. The van der Waals surface area contributed by atoms with Gasteiger partial charge in [0.15, 0.2) is 5.78 Å². The summed E-state index contributed by atoms with van der Waals surface area (Å²) in [7, 11) is 1.72. The summed E-state index contributed by atoms with van der Waals surface area (Å²) in [6.07, 6.45) is 0. The number of rotatable bonds is 6. The Hall–Kier alpha value is -0.900. The van der Waals surface area contributed by atoms with Gasteiger partial charge in [-0.05, 0) is 13.8 Å². The third-order valence-electron chi connectivity index (χ3n) is 2.28. The lowest BCUT2D eigenvalue weighted by Gasteiger charge is -2.21. The number of likely N-dealkylation sites (N-methyl/N-ethyl adjacent to an activating group) is 1. The van der Waals surface area contributed by atoms with Gasteiger partial charge in [0, 0.05) is 19.0 Å². The first-order chi connectivity index (χ1) is 6.86. The molecule has 4 nitrogen and oxygen atoms in total. The van der Waals surface area contributed by atoms with Crippen molar-refractivity contribution in [3.8, 4) is 0 Å². The van der Waals surface area contributed by atoms with Gasteiger partial charge in [0.25, 0.3) is 0 Å². The SMILES string of the molecule is CC(C)C(=O)COCC(=O)N(C)C(C)C. The number of hydrogen-bond acceptors (Lipinski definition) is 3. The fourth-order valence-electron chi connectivity index (χ4n) is 0.795. The standard InChI is InChI=1S/C11H21NO3/c1-8(2)10(13)6-15-7-11(14)12(5)9(3)4/h8-9H,6-7H2,1-5H3. The van der Waals surface area contributed by atoms with Crippen LogP contribution >= 0.6 is 0 Å². The van der Waals surface area contributed by atoms with Crippen molar-refractivity contribution in [2.45, 2.75) is 33.7 Å². The van der Waals surface area contributed by atoms with Crippen molar-refractivity contribution in [2.75, 3.05) is 20.3 Å². The second-order valence-electron chi connectivity index (χ2n) is 4.21. The molecule has 0 aliphatic heterocycles. The molecular weight excluding hydrogens is 194 g/mol. The van der Waals surface area contributed by atoms with Crippen molar-refractivity contribution in [3.63, 3.8) is 0 Å². The first-order valence-corrected chi connectivity index (χ1v) is 5.22. The van der Waals surface area contributed by atoms with Gasteiger partial charge in [-0.25, -0.2) is 0 Å². The first-order valence-electron chi connectivity index (χ1n) is 5.22. The number of carbonyl (C=O) groups is 2.